The summed E-state index contributed by atoms with van der Waals surface area (Å²) in [4.78, 5) is 21.6. The van der Waals surface area contributed by atoms with E-state index in [1.54, 1.807) is 29.2 Å². The molecule has 1 fully saturated rings. The minimum atomic E-state index is -4.39. The van der Waals surface area contributed by atoms with Gasteiger partial charge in [-0.3, -0.25) is 14.4 Å². The van der Waals surface area contributed by atoms with E-state index in [0.717, 1.165) is 16.5 Å². The summed E-state index contributed by atoms with van der Waals surface area (Å²) in [6.07, 6.45) is -3.08. The minimum absolute atomic E-state index is 0.0271. The number of hydrogen-bond donors (Lipinski definition) is 1. The Morgan fingerprint density at radius 3 is 2.32 bits per heavy atom. The molecular formula is C34H30Cl2F3N5O5S. The number of nitrogens with one attached hydrogen (secondary N) is 1. The number of amides is 1. The topological polar surface area (TPSA) is 106 Å². The molecule has 3 heterocycles. The molecule has 0 aliphatic carbocycles. The van der Waals surface area contributed by atoms with Gasteiger partial charge in [-0.2, -0.15) is 13.2 Å². The van der Waals surface area contributed by atoms with Crippen LogP contribution in [-0.4, -0.2) is 72.6 Å². The maximum absolute atomic E-state index is 13.5. The predicted molar refractivity (Wildman–Crippen MR) is 184 cm³/mol. The number of hydrogen-bond acceptors (Lipinski definition) is 7. The lowest BCUT2D eigenvalue weighted by atomic mass is 10.2. The summed E-state index contributed by atoms with van der Waals surface area (Å²) in [6.45, 7) is 1.59. The van der Waals surface area contributed by atoms with Gasteiger partial charge in [0.2, 0.25) is 5.88 Å². The van der Waals surface area contributed by atoms with E-state index in [1.807, 2.05) is 23.7 Å². The molecule has 0 saturated carbocycles. The number of sulfonamides is 1. The number of nitrogens with zero attached hydrogens (tertiary/aromatic N) is 4. The number of carbonyl (C=O) groups is 1. The monoisotopic (exact) mass is 747 g/mol. The smallest absolute Gasteiger partial charge is 0.422 e. The average molecular weight is 749 g/mol. The van der Waals surface area contributed by atoms with Gasteiger partial charge in [-0.05, 0) is 60.2 Å². The number of ether oxygens (including phenoxy) is 2. The Hall–Kier alpha value is -4.50. The van der Waals surface area contributed by atoms with Gasteiger partial charge in [0.05, 0.1) is 22.4 Å². The van der Waals surface area contributed by atoms with Crippen LogP contribution in [0.5, 0.6) is 17.4 Å². The molecule has 262 valence electrons. The van der Waals surface area contributed by atoms with Crippen LogP contribution in [0.25, 0.3) is 10.9 Å². The van der Waals surface area contributed by atoms with E-state index in [9.17, 15) is 26.4 Å². The Morgan fingerprint density at radius 1 is 0.920 bits per heavy atom. The summed E-state index contributed by atoms with van der Waals surface area (Å²) >= 11 is 12.0. The molecule has 50 heavy (non-hydrogen) atoms. The summed E-state index contributed by atoms with van der Waals surface area (Å²) in [5.41, 5.74) is 2.43. The number of pyridine rings is 1. The molecule has 2 aromatic heterocycles. The zero-order chi connectivity index (χ0) is 35.6. The van der Waals surface area contributed by atoms with Crippen molar-refractivity contribution in [3.05, 3.63) is 106 Å². The van der Waals surface area contributed by atoms with E-state index >= 15 is 0 Å². The first-order valence-corrected chi connectivity index (χ1v) is 17.5. The average Bonchev–Trinajstić information content (AvgIpc) is 3.41. The van der Waals surface area contributed by atoms with Crippen LogP contribution in [0.3, 0.4) is 0 Å². The number of rotatable bonds is 10. The highest BCUT2D eigenvalue weighted by molar-refractivity contribution is 7.92. The van der Waals surface area contributed by atoms with Crippen molar-refractivity contribution in [2.24, 2.45) is 7.05 Å². The van der Waals surface area contributed by atoms with Crippen LogP contribution in [0, 0.1) is 0 Å². The number of anilines is 1. The van der Waals surface area contributed by atoms with Crippen LogP contribution >= 0.6 is 23.2 Å². The van der Waals surface area contributed by atoms with Crippen LogP contribution in [0.2, 0.25) is 10.0 Å². The van der Waals surface area contributed by atoms with Gasteiger partial charge >= 0.3 is 6.18 Å². The molecule has 0 atom stereocenters. The number of fused-ring (bicyclic) bond motifs is 1. The van der Waals surface area contributed by atoms with Crippen molar-refractivity contribution in [3.63, 3.8) is 0 Å². The Morgan fingerprint density at radius 2 is 1.64 bits per heavy atom. The highest BCUT2D eigenvalue weighted by Gasteiger charge is 2.28. The van der Waals surface area contributed by atoms with Crippen molar-refractivity contribution in [1.29, 1.82) is 0 Å². The quantitative estimate of drug-likeness (QED) is 0.159. The number of piperazine rings is 1. The standard InChI is InChI=1S/C34H30Cl2F3N5O5S/c1-42-29-18-27(49-32-11-6-25(19-40-32)41-50(46,47)31-17-24(35)5-10-28(31)36)9-4-23(29)16-30(42)33(45)44-14-12-43(13-15-44)20-22-2-7-26(8-3-22)48-21-34(37,38)39/h2-11,16-19,41H,12-15,20-21H2,1H3. The minimum Gasteiger partial charge on any atom is -0.484 e. The number of carbonyl (C=O) groups excluding carboxylic acids is 1. The number of alkyl halides is 3. The fourth-order valence-electron chi connectivity index (χ4n) is 5.48. The zero-order valence-corrected chi connectivity index (χ0v) is 28.8. The highest BCUT2D eigenvalue weighted by atomic mass is 35.5. The Labute approximate surface area is 296 Å². The third-order valence-electron chi connectivity index (χ3n) is 8.02. The van der Waals surface area contributed by atoms with Gasteiger partial charge in [-0.1, -0.05) is 35.3 Å². The van der Waals surface area contributed by atoms with Gasteiger partial charge in [0.15, 0.2) is 6.61 Å². The molecule has 3 aromatic carbocycles. The summed E-state index contributed by atoms with van der Waals surface area (Å²) in [5, 5.41) is 1.10. The van der Waals surface area contributed by atoms with Crippen molar-refractivity contribution in [2.45, 2.75) is 17.6 Å². The number of aryl methyl sites for hydroxylation is 1. The van der Waals surface area contributed by atoms with Crippen LogP contribution in [0.4, 0.5) is 18.9 Å². The van der Waals surface area contributed by atoms with Crippen molar-refractivity contribution >= 4 is 55.7 Å². The van der Waals surface area contributed by atoms with Crippen LogP contribution in [0.15, 0.2) is 90.0 Å². The molecule has 0 spiro atoms. The summed E-state index contributed by atoms with van der Waals surface area (Å²) in [7, 11) is -2.21. The van der Waals surface area contributed by atoms with E-state index in [1.165, 1.54) is 48.7 Å². The molecule has 10 nitrogen and oxygen atoms in total. The van der Waals surface area contributed by atoms with Crippen LogP contribution < -0.4 is 14.2 Å². The second kappa shape index (κ2) is 14.4. The number of aromatic nitrogens is 2. The zero-order valence-electron chi connectivity index (χ0n) is 26.5. The van der Waals surface area contributed by atoms with E-state index in [-0.39, 0.29) is 38.2 Å². The largest absolute Gasteiger partial charge is 0.484 e. The van der Waals surface area contributed by atoms with E-state index in [4.69, 9.17) is 32.7 Å². The summed E-state index contributed by atoms with van der Waals surface area (Å²) < 4.78 is 77.8. The van der Waals surface area contributed by atoms with Gasteiger partial charge in [-0.15, -0.1) is 0 Å². The molecule has 16 heteroatoms. The Bertz CT molecular complexity index is 2120. The molecule has 1 N–H and O–H groups in total. The van der Waals surface area contributed by atoms with Gasteiger partial charge in [0.1, 0.15) is 22.1 Å². The second-order valence-electron chi connectivity index (χ2n) is 11.6. The van der Waals surface area contributed by atoms with Crippen LogP contribution in [-0.2, 0) is 23.6 Å². The maximum atomic E-state index is 13.5. The first-order valence-electron chi connectivity index (χ1n) is 15.3. The van der Waals surface area contributed by atoms with Crippen molar-refractivity contribution in [3.8, 4) is 17.4 Å². The lowest BCUT2D eigenvalue weighted by Gasteiger charge is -2.34. The predicted octanol–water partition coefficient (Wildman–Crippen LogP) is 7.37. The van der Waals surface area contributed by atoms with E-state index < -0.39 is 22.8 Å². The Kier molecular flexibility index (Phi) is 10.2. The van der Waals surface area contributed by atoms with Gasteiger partial charge < -0.3 is 18.9 Å². The molecule has 1 saturated heterocycles. The lowest BCUT2D eigenvalue weighted by molar-refractivity contribution is -0.153. The molecule has 0 unspecified atom stereocenters. The second-order valence-corrected chi connectivity index (χ2v) is 14.1. The fraction of sp³-hybridized carbons (Fsp3) is 0.235. The molecule has 1 aliphatic rings. The first kappa shape index (κ1) is 35.3. The molecule has 6 rings (SSSR count). The van der Waals surface area contributed by atoms with Crippen molar-refractivity contribution in [2.75, 3.05) is 37.5 Å². The van der Waals surface area contributed by atoms with Crippen LogP contribution in [0.1, 0.15) is 16.1 Å². The van der Waals surface area contributed by atoms with Crippen molar-refractivity contribution in [1.82, 2.24) is 19.4 Å². The molecule has 0 radical (unpaired) electrons. The first-order chi connectivity index (χ1) is 23.7. The van der Waals surface area contributed by atoms with Gasteiger partial charge in [0, 0.05) is 62.3 Å². The normalized spacial score (nSPS) is 14.2. The number of benzene rings is 3. The third kappa shape index (κ3) is 8.44. The summed E-state index contributed by atoms with van der Waals surface area (Å²) in [5.74, 6) is 0.751. The SMILES string of the molecule is Cn1c(C(=O)N2CCN(Cc3ccc(OCC(F)(F)F)cc3)CC2)cc2ccc(Oc3ccc(NS(=O)(=O)c4cc(Cl)ccc4Cl)cn3)cc21. The van der Waals surface area contributed by atoms with Crippen molar-refractivity contribution < 1.29 is 35.9 Å². The molecular weight excluding hydrogens is 718 g/mol. The van der Waals surface area contributed by atoms with E-state index in [2.05, 4.69) is 14.6 Å². The Balaban J connectivity index is 1.05. The molecule has 0 bridgehead atoms. The maximum Gasteiger partial charge on any atom is 0.422 e. The molecule has 5 aromatic rings. The third-order valence-corrected chi connectivity index (χ3v) is 10.1. The highest BCUT2D eigenvalue weighted by Crippen LogP contribution is 2.30. The molecule has 1 amide bonds. The van der Waals surface area contributed by atoms with Gasteiger partial charge in [0.25, 0.3) is 15.9 Å². The van der Waals surface area contributed by atoms with E-state index in [0.29, 0.717) is 44.2 Å². The summed E-state index contributed by atoms with van der Waals surface area (Å²) in [6, 6.07) is 20.9. The van der Waals surface area contributed by atoms with Gasteiger partial charge in [-0.25, -0.2) is 13.4 Å². The molecule has 1 aliphatic heterocycles. The fourth-order valence-corrected chi connectivity index (χ4v) is 7.29. The lowest BCUT2D eigenvalue weighted by Crippen LogP contribution is -2.48. The number of halogens is 5.